The largest absolute Gasteiger partial charge is 0.396 e. The highest BCUT2D eigenvalue weighted by Gasteiger charge is 2.32. The van der Waals surface area contributed by atoms with Crippen molar-refractivity contribution in [2.75, 3.05) is 39.9 Å². The van der Waals surface area contributed by atoms with Crippen LogP contribution in [0.4, 0.5) is 0 Å². The Morgan fingerprint density at radius 3 is 2.50 bits per heavy atom. The van der Waals surface area contributed by atoms with Crippen LogP contribution >= 0.6 is 0 Å². The van der Waals surface area contributed by atoms with Gasteiger partial charge in [0.15, 0.2) is 0 Å². The minimum atomic E-state index is -3.39. The molecule has 20 heavy (non-hydrogen) atoms. The summed E-state index contributed by atoms with van der Waals surface area (Å²) in [6, 6.07) is 0. The molecule has 0 bridgehead atoms. The lowest BCUT2D eigenvalue weighted by Gasteiger charge is -2.34. The van der Waals surface area contributed by atoms with Gasteiger partial charge in [-0.15, -0.1) is 0 Å². The van der Waals surface area contributed by atoms with Crippen LogP contribution < -0.4 is 0 Å². The lowest BCUT2D eigenvalue weighted by atomic mass is 10.00. The number of likely N-dealkylation sites (N-methyl/N-ethyl adjacent to an activating group) is 1. The second-order valence-corrected chi connectivity index (χ2v) is 7.84. The molecule has 1 atom stereocenters. The summed E-state index contributed by atoms with van der Waals surface area (Å²) in [6.07, 6.45) is 4.63. The third-order valence-corrected chi connectivity index (χ3v) is 6.24. The molecule has 0 radical (unpaired) electrons. The van der Waals surface area contributed by atoms with Crippen LogP contribution in [0.25, 0.3) is 0 Å². The number of hydrogen-bond acceptors (Lipinski definition) is 4. The first kappa shape index (κ1) is 16.2. The monoisotopic (exact) mass is 306 g/mol. The normalized spacial score (nSPS) is 27.1. The van der Waals surface area contributed by atoms with Crippen molar-refractivity contribution < 1.29 is 18.3 Å². The molecule has 2 rings (SSSR count). The Labute approximate surface area is 121 Å². The standard InChI is InChI=1S/C13H26N2O4S/c1-14(10-13-4-2-3-9-19-13)20(17,18)15-7-5-12(11-16)6-8-15/h12-13,16H,2-11H2,1H3. The van der Waals surface area contributed by atoms with E-state index in [4.69, 9.17) is 9.84 Å². The van der Waals surface area contributed by atoms with Crippen molar-refractivity contribution in [2.45, 2.75) is 38.2 Å². The van der Waals surface area contributed by atoms with E-state index in [0.717, 1.165) is 38.7 Å². The Balaban J connectivity index is 1.88. The summed E-state index contributed by atoms with van der Waals surface area (Å²) >= 11 is 0. The molecule has 7 heteroatoms. The zero-order valence-corrected chi connectivity index (χ0v) is 13.0. The molecule has 0 aromatic heterocycles. The quantitative estimate of drug-likeness (QED) is 0.800. The number of aliphatic hydroxyl groups excluding tert-OH is 1. The lowest BCUT2D eigenvalue weighted by Crippen LogP contribution is -2.48. The molecule has 0 aromatic rings. The summed E-state index contributed by atoms with van der Waals surface area (Å²) in [5, 5.41) is 9.11. The molecular weight excluding hydrogens is 280 g/mol. The molecule has 6 nitrogen and oxygen atoms in total. The average molecular weight is 306 g/mol. The van der Waals surface area contributed by atoms with Gasteiger partial charge in [0.1, 0.15) is 0 Å². The van der Waals surface area contributed by atoms with Gasteiger partial charge in [0.25, 0.3) is 10.2 Å². The second kappa shape index (κ2) is 7.17. The predicted molar refractivity (Wildman–Crippen MR) is 76.5 cm³/mol. The molecule has 2 aliphatic rings. The van der Waals surface area contributed by atoms with Gasteiger partial charge in [0.05, 0.1) is 6.10 Å². The summed E-state index contributed by atoms with van der Waals surface area (Å²) in [5.41, 5.74) is 0. The number of piperidine rings is 1. The van der Waals surface area contributed by atoms with Crippen LogP contribution in [-0.4, -0.2) is 68.1 Å². The van der Waals surface area contributed by atoms with Crippen LogP contribution in [0.3, 0.4) is 0 Å². The number of hydrogen-bond donors (Lipinski definition) is 1. The minimum Gasteiger partial charge on any atom is -0.396 e. The van der Waals surface area contributed by atoms with Crippen LogP contribution in [0.2, 0.25) is 0 Å². The van der Waals surface area contributed by atoms with Gasteiger partial charge in [-0.25, -0.2) is 0 Å². The molecule has 0 spiro atoms. The third-order valence-electron chi connectivity index (χ3n) is 4.29. The van der Waals surface area contributed by atoms with Crippen molar-refractivity contribution in [2.24, 2.45) is 5.92 Å². The topological polar surface area (TPSA) is 70.1 Å². The van der Waals surface area contributed by atoms with E-state index in [1.807, 2.05) is 0 Å². The molecule has 2 saturated heterocycles. The number of ether oxygens (including phenoxy) is 1. The molecule has 118 valence electrons. The molecule has 2 heterocycles. The van der Waals surface area contributed by atoms with Gasteiger partial charge in [-0.3, -0.25) is 0 Å². The van der Waals surface area contributed by atoms with Gasteiger partial charge >= 0.3 is 0 Å². The summed E-state index contributed by atoms with van der Waals surface area (Å²) in [4.78, 5) is 0. The van der Waals surface area contributed by atoms with Gasteiger partial charge in [-0.05, 0) is 38.0 Å². The van der Waals surface area contributed by atoms with Crippen molar-refractivity contribution in [3.8, 4) is 0 Å². The Morgan fingerprint density at radius 1 is 1.25 bits per heavy atom. The van der Waals surface area contributed by atoms with E-state index in [-0.39, 0.29) is 18.6 Å². The molecular formula is C13H26N2O4S. The maximum absolute atomic E-state index is 12.5. The fourth-order valence-electron chi connectivity index (χ4n) is 2.85. The first-order chi connectivity index (χ1) is 9.54. The Morgan fingerprint density at radius 2 is 1.95 bits per heavy atom. The van der Waals surface area contributed by atoms with E-state index in [0.29, 0.717) is 19.6 Å². The van der Waals surface area contributed by atoms with Gasteiger partial charge in [-0.2, -0.15) is 17.0 Å². The Bertz CT molecular complexity index is 387. The highest BCUT2D eigenvalue weighted by atomic mass is 32.2. The molecule has 0 amide bonds. The van der Waals surface area contributed by atoms with Crippen LogP contribution in [0.1, 0.15) is 32.1 Å². The molecule has 2 aliphatic heterocycles. The van der Waals surface area contributed by atoms with Gasteiger partial charge in [0.2, 0.25) is 0 Å². The van der Waals surface area contributed by atoms with Gasteiger partial charge in [0, 0.05) is 39.9 Å². The molecule has 1 unspecified atom stereocenters. The van der Waals surface area contributed by atoms with Crippen molar-refractivity contribution in [1.82, 2.24) is 8.61 Å². The van der Waals surface area contributed by atoms with Crippen molar-refractivity contribution in [3.63, 3.8) is 0 Å². The number of nitrogens with zero attached hydrogens (tertiary/aromatic N) is 2. The second-order valence-electron chi connectivity index (χ2n) is 5.80. The zero-order valence-electron chi connectivity index (χ0n) is 12.2. The van der Waals surface area contributed by atoms with E-state index in [1.54, 1.807) is 7.05 Å². The van der Waals surface area contributed by atoms with Crippen LogP contribution in [0.5, 0.6) is 0 Å². The minimum absolute atomic E-state index is 0.0264. The molecule has 0 aromatic carbocycles. The smallest absolute Gasteiger partial charge is 0.281 e. The van der Waals surface area contributed by atoms with Crippen molar-refractivity contribution in [3.05, 3.63) is 0 Å². The molecule has 2 fully saturated rings. The lowest BCUT2D eigenvalue weighted by molar-refractivity contribution is 0.00779. The van der Waals surface area contributed by atoms with E-state index >= 15 is 0 Å². The van der Waals surface area contributed by atoms with Crippen molar-refractivity contribution >= 4 is 10.2 Å². The maximum atomic E-state index is 12.5. The summed E-state index contributed by atoms with van der Waals surface area (Å²) in [7, 11) is -1.76. The van der Waals surface area contributed by atoms with E-state index in [2.05, 4.69) is 0 Å². The molecule has 0 aliphatic carbocycles. The zero-order chi connectivity index (χ0) is 14.6. The fraction of sp³-hybridized carbons (Fsp3) is 1.00. The SMILES string of the molecule is CN(CC1CCCCO1)S(=O)(=O)N1CCC(CO)CC1. The number of aliphatic hydroxyl groups is 1. The summed E-state index contributed by atoms with van der Waals surface area (Å²) in [6.45, 7) is 2.33. The summed E-state index contributed by atoms with van der Waals surface area (Å²) in [5.74, 6) is 0.244. The van der Waals surface area contributed by atoms with E-state index < -0.39 is 10.2 Å². The highest BCUT2D eigenvalue weighted by molar-refractivity contribution is 7.86. The first-order valence-electron chi connectivity index (χ1n) is 7.48. The molecule has 0 saturated carbocycles. The Kier molecular flexibility index (Phi) is 5.80. The van der Waals surface area contributed by atoms with E-state index in [9.17, 15) is 8.42 Å². The predicted octanol–water partition coefficient (Wildman–Crippen LogP) is 0.436. The average Bonchev–Trinajstić information content (AvgIpc) is 2.48. The third kappa shape index (κ3) is 3.92. The van der Waals surface area contributed by atoms with Crippen molar-refractivity contribution in [1.29, 1.82) is 0 Å². The summed E-state index contributed by atoms with van der Waals surface area (Å²) < 4.78 is 33.5. The van der Waals surface area contributed by atoms with Gasteiger partial charge in [-0.1, -0.05) is 0 Å². The number of rotatable bonds is 5. The fourth-order valence-corrected chi connectivity index (χ4v) is 4.27. The van der Waals surface area contributed by atoms with Gasteiger partial charge < -0.3 is 9.84 Å². The van der Waals surface area contributed by atoms with Crippen LogP contribution in [0, 0.1) is 5.92 Å². The van der Waals surface area contributed by atoms with Crippen LogP contribution in [-0.2, 0) is 14.9 Å². The first-order valence-corrected chi connectivity index (χ1v) is 8.87. The maximum Gasteiger partial charge on any atom is 0.281 e. The Hall–Kier alpha value is -0.210. The van der Waals surface area contributed by atoms with E-state index in [1.165, 1.54) is 8.61 Å². The highest BCUT2D eigenvalue weighted by Crippen LogP contribution is 2.21. The molecule has 1 N–H and O–H groups in total. The van der Waals surface area contributed by atoms with Crippen LogP contribution in [0.15, 0.2) is 0 Å².